The number of anilines is 1. The van der Waals surface area contributed by atoms with E-state index in [1.54, 1.807) is 24.3 Å². The van der Waals surface area contributed by atoms with Crippen LogP contribution in [0.1, 0.15) is 25.7 Å². The van der Waals surface area contributed by atoms with Gasteiger partial charge in [0.25, 0.3) is 5.91 Å². The number of carbonyl (C=O) groups excluding carboxylic acids is 1. The highest BCUT2D eigenvalue weighted by molar-refractivity contribution is 6.44. The number of aliphatic carboxylic acids is 1. The zero-order valence-electron chi connectivity index (χ0n) is 12.8. The van der Waals surface area contributed by atoms with Crippen LogP contribution in [0.25, 0.3) is 0 Å². The zero-order chi connectivity index (χ0) is 17.9. The fourth-order valence-corrected chi connectivity index (χ4v) is 2.14. The predicted molar refractivity (Wildman–Crippen MR) is 92.9 cm³/mol. The van der Waals surface area contributed by atoms with Crippen LogP contribution in [0.2, 0.25) is 10.0 Å². The normalized spacial score (nSPS) is 10.8. The van der Waals surface area contributed by atoms with Gasteiger partial charge in [-0.05, 0) is 25.0 Å². The molecular weight excluding hydrogens is 353 g/mol. The zero-order valence-corrected chi connectivity index (χ0v) is 14.3. The van der Waals surface area contributed by atoms with Gasteiger partial charge in [-0.3, -0.25) is 9.59 Å². The van der Waals surface area contributed by atoms with Crippen LogP contribution in [0.3, 0.4) is 0 Å². The number of nitrogens with one attached hydrogen (secondary N) is 2. The van der Waals surface area contributed by atoms with E-state index in [1.807, 2.05) is 0 Å². The van der Waals surface area contributed by atoms with E-state index in [0.717, 1.165) is 12.8 Å². The molecule has 0 radical (unpaired) electrons. The Hall–Kier alpha value is -2.23. The average molecular weight is 370 g/mol. The van der Waals surface area contributed by atoms with Crippen molar-refractivity contribution in [2.75, 3.05) is 11.9 Å². The predicted octanol–water partition coefficient (Wildman–Crippen LogP) is 3.57. The van der Waals surface area contributed by atoms with Crippen molar-refractivity contribution in [2.24, 2.45) is 0 Å². The van der Waals surface area contributed by atoms with Crippen LogP contribution in [0, 0.1) is 11.3 Å². The van der Waals surface area contributed by atoms with Gasteiger partial charge in [-0.15, -0.1) is 0 Å². The Morgan fingerprint density at radius 2 is 2.00 bits per heavy atom. The summed E-state index contributed by atoms with van der Waals surface area (Å²) in [6, 6.07) is 6.61. The molecule has 0 spiro atoms. The third kappa shape index (κ3) is 6.90. The molecule has 0 heterocycles. The summed E-state index contributed by atoms with van der Waals surface area (Å²) in [5.74, 6) is -1.41. The van der Waals surface area contributed by atoms with Crippen LogP contribution in [-0.4, -0.2) is 23.5 Å². The summed E-state index contributed by atoms with van der Waals surface area (Å²) in [4.78, 5) is 22.4. The molecule has 0 saturated heterocycles. The lowest BCUT2D eigenvalue weighted by Crippen LogP contribution is -2.17. The molecule has 6 nitrogen and oxygen atoms in total. The first-order chi connectivity index (χ1) is 11.5. The molecule has 0 saturated carbocycles. The number of rotatable bonds is 9. The molecule has 0 aliphatic heterocycles. The molecule has 1 aromatic rings. The number of hydrogen-bond acceptors (Lipinski definition) is 4. The lowest BCUT2D eigenvalue weighted by molar-refractivity contribution is -0.137. The van der Waals surface area contributed by atoms with Gasteiger partial charge in [0, 0.05) is 19.2 Å². The van der Waals surface area contributed by atoms with Crippen LogP contribution in [0.15, 0.2) is 30.0 Å². The van der Waals surface area contributed by atoms with E-state index in [1.165, 1.54) is 6.20 Å². The van der Waals surface area contributed by atoms with Crippen molar-refractivity contribution in [1.82, 2.24) is 5.32 Å². The lowest BCUT2D eigenvalue weighted by Gasteiger charge is -2.08. The van der Waals surface area contributed by atoms with E-state index < -0.39 is 11.9 Å². The maximum atomic E-state index is 12.0. The molecule has 0 bridgehead atoms. The van der Waals surface area contributed by atoms with Crippen molar-refractivity contribution < 1.29 is 14.7 Å². The number of nitriles is 1. The number of halogens is 2. The van der Waals surface area contributed by atoms with E-state index in [9.17, 15) is 9.59 Å². The SMILES string of the molecule is N#C/C(=C/NCCCCCC(=O)O)C(=O)Nc1cccc(Cl)c1Cl. The van der Waals surface area contributed by atoms with Gasteiger partial charge in [0.1, 0.15) is 11.6 Å². The van der Waals surface area contributed by atoms with Crippen molar-refractivity contribution >= 4 is 40.8 Å². The Morgan fingerprint density at radius 1 is 1.25 bits per heavy atom. The van der Waals surface area contributed by atoms with Crippen LogP contribution in [0.5, 0.6) is 0 Å². The topological polar surface area (TPSA) is 102 Å². The molecule has 0 unspecified atom stereocenters. The minimum absolute atomic E-state index is 0.100. The van der Waals surface area contributed by atoms with E-state index in [-0.39, 0.29) is 17.0 Å². The van der Waals surface area contributed by atoms with Gasteiger partial charge in [-0.1, -0.05) is 35.7 Å². The summed E-state index contributed by atoms with van der Waals surface area (Å²) in [5, 5.41) is 23.5. The summed E-state index contributed by atoms with van der Waals surface area (Å²) in [5.41, 5.74) is 0.223. The minimum Gasteiger partial charge on any atom is -0.481 e. The second kappa shape index (κ2) is 10.5. The van der Waals surface area contributed by atoms with Crippen molar-refractivity contribution in [3.63, 3.8) is 0 Å². The molecule has 3 N–H and O–H groups in total. The van der Waals surface area contributed by atoms with Crippen molar-refractivity contribution in [2.45, 2.75) is 25.7 Å². The van der Waals surface area contributed by atoms with Gasteiger partial charge in [-0.2, -0.15) is 5.26 Å². The number of carboxylic acids is 1. The standard InChI is InChI=1S/C16H17Cl2N3O3/c17-12-5-4-6-13(15(12)18)21-16(24)11(9-19)10-20-8-3-1-2-7-14(22)23/h4-6,10,20H,1-3,7-8H2,(H,21,24)(H,22,23)/b11-10-. The van der Waals surface area contributed by atoms with Crippen LogP contribution >= 0.6 is 23.2 Å². The Bertz CT molecular complexity index is 669. The number of unbranched alkanes of at least 4 members (excludes halogenated alkanes) is 2. The fourth-order valence-electron chi connectivity index (χ4n) is 1.79. The number of hydrogen-bond donors (Lipinski definition) is 3. The van der Waals surface area contributed by atoms with Crippen molar-refractivity contribution in [3.05, 3.63) is 40.0 Å². The number of amides is 1. The lowest BCUT2D eigenvalue weighted by atomic mass is 10.2. The Balaban J connectivity index is 2.47. The van der Waals surface area contributed by atoms with E-state index in [0.29, 0.717) is 23.7 Å². The number of benzene rings is 1. The minimum atomic E-state index is -0.814. The second-order valence-corrected chi connectivity index (χ2v) is 5.67. The van der Waals surface area contributed by atoms with Gasteiger partial charge in [0.2, 0.25) is 0 Å². The molecule has 1 aromatic carbocycles. The highest BCUT2D eigenvalue weighted by Gasteiger charge is 2.12. The molecule has 8 heteroatoms. The van der Waals surface area contributed by atoms with Gasteiger partial charge >= 0.3 is 5.97 Å². The molecule has 0 aromatic heterocycles. The summed E-state index contributed by atoms with van der Waals surface area (Å²) >= 11 is 11.8. The number of nitrogens with zero attached hydrogens (tertiary/aromatic N) is 1. The molecular formula is C16H17Cl2N3O3. The van der Waals surface area contributed by atoms with Gasteiger partial charge < -0.3 is 15.7 Å². The van der Waals surface area contributed by atoms with Crippen LogP contribution < -0.4 is 10.6 Å². The van der Waals surface area contributed by atoms with E-state index in [4.69, 9.17) is 33.6 Å². The first-order valence-electron chi connectivity index (χ1n) is 7.26. The maximum Gasteiger partial charge on any atom is 0.303 e. The molecule has 0 aliphatic rings. The Labute approximate surface area is 150 Å². The second-order valence-electron chi connectivity index (χ2n) is 4.88. The van der Waals surface area contributed by atoms with Gasteiger partial charge in [0.05, 0.1) is 15.7 Å². The Kier molecular flexibility index (Phi) is 8.69. The monoisotopic (exact) mass is 369 g/mol. The largest absolute Gasteiger partial charge is 0.481 e. The van der Waals surface area contributed by atoms with Crippen LogP contribution in [0.4, 0.5) is 5.69 Å². The first kappa shape index (κ1) is 19.8. The molecule has 24 heavy (non-hydrogen) atoms. The number of carbonyl (C=O) groups is 2. The number of carboxylic acid groups (broad SMARTS) is 1. The molecule has 1 rings (SSSR count). The third-order valence-corrected chi connectivity index (χ3v) is 3.84. The third-order valence-electron chi connectivity index (χ3n) is 3.02. The average Bonchev–Trinajstić information content (AvgIpc) is 2.54. The summed E-state index contributed by atoms with van der Waals surface area (Å²) < 4.78 is 0. The maximum absolute atomic E-state index is 12.0. The fraction of sp³-hybridized carbons (Fsp3) is 0.312. The quantitative estimate of drug-likeness (QED) is 0.350. The molecule has 0 fully saturated rings. The van der Waals surface area contributed by atoms with Gasteiger partial charge in [0.15, 0.2) is 0 Å². The van der Waals surface area contributed by atoms with Gasteiger partial charge in [-0.25, -0.2) is 0 Å². The van der Waals surface area contributed by atoms with Crippen molar-refractivity contribution in [3.8, 4) is 6.07 Å². The molecule has 0 aliphatic carbocycles. The molecule has 1 amide bonds. The highest BCUT2D eigenvalue weighted by Crippen LogP contribution is 2.29. The smallest absolute Gasteiger partial charge is 0.303 e. The summed E-state index contributed by atoms with van der Waals surface area (Å²) in [7, 11) is 0. The summed E-state index contributed by atoms with van der Waals surface area (Å²) in [6.45, 7) is 0.538. The molecule has 0 atom stereocenters. The van der Waals surface area contributed by atoms with Crippen LogP contribution in [-0.2, 0) is 9.59 Å². The Morgan fingerprint density at radius 3 is 2.67 bits per heavy atom. The molecule has 128 valence electrons. The highest BCUT2D eigenvalue weighted by atomic mass is 35.5. The van der Waals surface area contributed by atoms with Crippen molar-refractivity contribution in [1.29, 1.82) is 5.26 Å². The van der Waals surface area contributed by atoms with E-state index in [2.05, 4.69) is 10.6 Å². The summed E-state index contributed by atoms with van der Waals surface area (Å²) in [6.07, 6.45) is 3.55. The van der Waals surface area contributed by atoms with E-state index >= 15 is 0 Å². The first-order valence-corrected chi connectivity index (χ1v) is 8.02.